The summed E-state index contributed by atoms with van der Waals surface area (Å²) in [6, 6.07) is 9.05. The van der Waals surface area contributed by atoms with Crippen LogP contribution in [0.3, 0.4) is 0 Å². The van der Waals surface area contributed by atoms with Gasteiger partial charge in [0.25, 0.3) is 0 Å². The van der Waals surface area contributed by atoms with Crippen molar-refractivity contribution < 1.29 is 9.13 Å². The standard InChI is InChI=1S/C14H14FN3O.ClH/c15-8-11(9-16)10-19-13-4-2-12(3-5-13)14-17-6-1-7-18-14;/h1-8H,9-10,16H2;1H/b11-8+;. The predicted molar refractivity (Wildman–Crippen MR) is 78.5 cm³/mol. The van der Waals surface area contributed by atoms with Gasteiger partial charge in [-0.25, -0.2) is 14.4 Å². The van der Waals surface area contributed by atoms with E-state index in [0.717, 1.165) is 5.56 Å². The second-order valence-electron chi connectivity index (χ2n) is 3.86. The van der Waals surface area contributed by atoms with E-state index in [9.17, 15) is 4.39 Å². The molecular formula is C14H15ClFN3O. The average Bonchev–Trinajstić information content (AvgIpc) is 2.50. The number of ether oxygens (including phenoxy) is 1. The average molecular weight is 296 g/mol. The van der Waals surface area contributed by atoms with Gasteiger partial charge in [0.05, 0.1) is 6.33 Å². The molecule has 106 valence electrons. The Hall–Kier alpha value is -1.98. The van der Waals surface area contributed by atoms with E-state index < -0.39 is 0 Å². The zero-order valence-corrected chi connectivity index (χ0v) is 11.5. The Kier molecular flexibility index (Phi) is 6.63. The van der Waals surface area contributed by atoms with Gasteiger partial charge < -0.3 is 10.5 Å². The number of nitrogens with two attached hydrogens (primary N) is 1. The van der Waals surface area contributed by atoms with Crippen LogP contribution in [0.4, 0.5) is 4.39 Å². The fraction of sp³-hybridized carbons (Fsp3) is 0.143. The van der Waals surface area contributed by atoms with Crippen LogP contribution in [0.2, 0.25) is 0 Å². The Morgan fingerprint density at radius 1 is 1.20 bits per heavy atom. The van der Waals surface area contributed by atoms with E-state index in [0.29, 0.717) is 23.5 Å². The SMILES string of the molecule is Cl.NC/C(=C\F)COc1ccc(-c2ncccn2)cc1. The maximum absolute atomic E-state index is 12.3. The summed E-state index contributed by atoms with van der Waals surface area (Å²) < 4.78 is 17.7. The van der Waals surface area contributed by atoms with Crippen molar-refractivity contribution in [2.24, 2.45) is 5.73 Å². The molecule has 0 saturated heterocycles. The van der Waals surface area contributed by atoms with Crippen LogP contribution in [0.25, 0.3) is 11.4 Å². The molecule has 20 heavy (non-hydrogen) atoms. The van der Waals surface area contributed by atoms with Crippen LogP contribution in [-0.4, -0.2) is 23.1 Å². The highest BCUT2D eigenvalue weighted by molar-refractivity contribution is 5.85. The van der Waals surface area contributed by atoms with Crippen molar-refractivity contribution in [3.8, 4) is 17.1 Å². The van der Waals surface area contributed by atoms with Gasteiger partial charge in [-0.2, -0.15) is 0 Å². The quantitative estimate of drug-likeness (QED) is 0.921. The third-order valence-electron chi connectivity index (χ3n) is 2.52. The largest absolute Gasteiger partial charge is 0.489 e. The first kappa shape index (κ1) is 16.1. The minimum absolute atomic E-state index is 0. The van der Waals surface area contributed by atoms with Crippen molar-refractivity contribution in [1.29, 1.82) is 0 Å². The van der Waals surface area contributed by atoms with Gasteiger partial charge in [-0.05, 0) is 30.3 Å². The van der Waals surface area contributed by atoms with Crippen molar-refractivity contribution in [2.75, 3.05) is 13.2 Å². The predicted octanol–water partition coefficient (Wildman–Crippen LogP) is 2.76. The third-order valence-corrected chi connectivity index (χ3v) is 2.52. The van der Waals surface area contributed by atoms with Crippen LogP contribution in [-0.2, 0) is 0 Å². The van der Waals surface area contributed by atoms with Crippen LogP contribution in [0.1, 0.15) is 0 Å². The van der Waals surface area contributed by atoms with E-state index in [1.165, 1.54) is 0 Å². The molecule has 2 N–H and O–H groups in total. The first-order chi connectivity index (χ1) is 9.33. The van der Waals surface area contributed by atoms with Crippen LogP contribution in [0.5, 0.6) is 5.75 Å². The molecule has 0 spiro atoms. The molecule has 1 aromatic heterocycles. The number of nitrogens with zero attached hydrogens (tertiary/aromatic N) is 2. The summed E-state index contributed by atoms with van der Waals surface area (Å²) in [5.41, 5.74) is 6.65. The summed E-state index contributed by atoms with van der Waals surface area (Å²) in [5, 5.41) is 0. The van der Waals surface area contributed by atoms with Gasteiger partial charge in [-0.15, -0.1) is 12.4 Å². The van der Waals surface area contributed by atoms with Gasteiger partial charge in [-0.3, -0.25) is 0 Å². The fourth-order valence-corrected chi connectivity index (χ4v) is 1.46. The molecule has 0 unspecified atom stereocenters. The van der Waals surface area contributed by atoms with Crippen molar-refractivity contribution in [3.63, 3.8) is 0 Å². The lowest BCUT2D eigenvalue weighted by Gasteiger charge is -2.07. The fourth-order valence-electron chi connectivity index (χ4n) is 1.46. The topological polar surface area (TPSA) is 61.0 Å². The van der Waals surface area contributed by atoms with E-state index >= 15 is 0 Å². The first-order valence-electron chi connectivity index (χ1n) is 5.82. The summed E-state index contributed by atoms with van der Waals surface area (Å²) in [6.07, 6.45) is 3.85. The molecule has 4 nitrogen and oxygen atoms in total. The van der Waals surface area contributed by atoms with Crippen molar-refractivity contribution in [3.05, 3.63) is 54.6 Å². The normalized spacial score (nSPS) is 10.8. The van der Waals surface area contributed by atoms with E-state index in [1.807, 2.05) is 12.1 Å². The maximum atomic E-state index is 12.3. The minimum atomic E-state index is 0. The van der Waals surface area contributed by atoms with Crippen molar-refractivity contribution in [2.45, 2.75) is 0 Å². The Labute approximate surface area is 122 Å². The molecule has 1 heterocycles. The number of benzene rings is 1. The molecule has 6 heteroatoms. The van der Waals surface area contributed by atoms with E-state index in [4.69, 9.17) is 10.5 Å². The molecule has 2 aromatic rings. The van der Waals surface area contributed by atoms with Crippen LogP contribution >= 0.6 is 12.4 Å². The Balaban J connectivity index is 0.00000200. The highest BCUT2D eigenvalue weighted by atomic mass is 35.5. The second-order valence-corrected chi connectivity index (χ2v) is 3.86. The molecule has 0 bridgehead atoms. The van der Waals surface area contributed by atoms with Gasteiger partial charge >= 0.3 is 0 Å². The lowest BCUT2D eigenvalue weighted by molar-refractivity contribution is 0.347. The van der Waals surface area contributed by atoms with Crippen molar-refractivity contribution in [1.82, 2.24) is 9.97 Å². The van der Waals surface area contributed by atoms with Gasteiger partial charge in [0, 0.05) is 30.1 Å². The van der Waals surface area contributed by atoms with E-state index in [-0.39, 0.29) is 25.6 Å². The molecule has 0 fully saturated rings. The highest BCUT2D eigenvalue weighted by Crippen LogP contribution is 2.19. The Bertz CT molecular complexity index is 546. The van der Waals surface area contributed by atoms with Gasteiger partial charge in [0.2, 0.25) is 0 Å². The van der Waals surface area contributed by atoms with Crippen LogP contribution in [0, 0.1) is 0 Å². The van der Waals surface area contributed by atoms with E-state index in [1.54, 1.807) is 30.6 Å². The number of halogens is 2. The van der Waals surface area contributed by atoms with Crippen LogP contribution in [0.15, 0.2) is 54.6 Å². The molecular weight excluding hydrogens is 281 g/mol. The van der Waals surface area contributed by atoms with Crippen molar-refractivity contribution >= 4 is 12.4 Å². The lowest BCUT2D eigenvalue weighted by atomic mass is 10.2. The Morgan fingerprint density at radius 3 is 2.40 bits per heavy atom. The third kappa shape index (κ3) is 4.29. The van der Waals surface area contributed by atoms with Gasteiger partial charge in [0.1, 0.15) is 12.4 Å². The highest BCUT2D eigenvalue weighted by Gasteiger charge is 2.01. The molecule has 0 aliphatic carbocycles. The summed E-state index contributed by atoms with van der Waals surface area (Å²) in [4.78, 5) is 8.30. The second kappa shape index (κ2) is 8.24. The molecule has 0 aliphatic rings. The summed E-state index contributed by atoms with van der Waals surface area (Å²) >= 11 is 0. The first-order valence-corrected chi connectivity index (χ1v) is 5.82. The number of aromatic nitrogens is 2. The van der Waals surface area contributed by atoms with E-state index in [2.05, 4.69) is 9.97 Å². The Morgan fingerprint density at radius 2 is 1.85 bits per heavy atom. The molecule has 2 rings (SSSR count). The lowest BCUT2D eigenvalue weighted by Crippen LogP contribution is -2.10. The summed E-state index contributed by atoms with van der Waals surface area (Å²) in [7, 11) is 0. The smallest absolute Gasteiger partial charge is 0.159 e. The maximum Gasteiger partial charge on any atom is 0.159 e. The zero-order chi connectivity index (χ0) is 13.5. The molecule has 0 aliphatic heterocycles. The molecule has 0 radical (unpaired) electrons. The van der Waals surface area contributed by atoms with Gasteiger partial charge in [0.15, 0.2) is 5.82 Å². The molecule has 0 atom stereocenters. The number of hydrogen-bond donors (Lipinski definition) is 1. The molecule has 0 saturated carbocycles. The number of hydrogen-bond acceptors (Lipinski definition) is 4. The minimum Gasteiger partial charge on any atom is -0.489 e. The molecule has 1 aromatic carbocycles. The monoisotopic (exact) mass is 295 g/mol. The van der Waals surface area contributed by atoms with Gasteiger partial charge in [-0.1, -0.05) is 0 Å². The zero-order valence-electron chi connectivity index (χ0n) is 10.7. The summed E-state index contributed by atoms with van der Waals surface area (Å²) in [5.74, 6) is 1.30. The molecule has 0 amide bonds. The van der Waals surface area contributed by atoms with Crippen LogP contribution < -0.4 is 10.5 Å². The summed E-state index contributed by atoms with van der Waals surface area (Å²) in [6.45, 7) is 0.292. The number of rotatable bonds is 5.